The first-order chi connectivity index (χ1) is 13.6. The highest BCUT2D eigenvalue weighted by Crippen LogP contribution is 2.20. The van der Waals surface area contributed by atoms with Crippen molar-refractivity contribution in [2.24, 2.45) is 0 Å². The summed E-state index contributed by atoms with van der Waals surface area (Å²) in [6, 6.07) is 10.7. The second kappa shape index (κ2) is 9.18. The van der Waals surface area contributed by atoms with Crippen molar-refractivity contribution in [2.45, 2.75) is 0 Å². The molecule has 0 bridgehead atoms. The molecule has 0 spiro atoms. The van der Waals surface area contributed by atoms with E-state index in [0.717, 1.165) is 5.82 Å². The number of anilines is 2. The molecule has 0 unspecified atom stereocenters. The van der Waals surface area contributed by atoms with Crippen LogP contribution in [0.2, 0.25) is 0 Å². The molecule has 1 aliphatic heterocycles. The molecule has 8 heteroatoms. The van der Waals surface area contributed by atoms with Gasteiger partial charge in [-0.25, -0.2) is 4.98 Å². The molecular weight excluding hydrogens is 360 g/mol. The lowest BCUT2D eigenvalue weighted by Crippen LogP contribution is -2.49. The van der Waals surface area contributed by atoms with E-state index in [-0.39, 0.29) is 18.4 Å². The normalized spacial score (nSPS) is 13.9. The van der Waals surface area contributed by atoms with Gasteiger partial charge in [0.25, 0.3) is 5.91 Å². The number of carbonyl (C=O) groups is 2. The van der Waals surface area contributed by atoms with Crippen LogP contribution in [0.4, 0.5) is 11.5 Å². The van der Waals surface area contributed by atoms with E-state index in [1.807, 2.05) is 18.2 Å². The Bertz CT molecular complexity index is 817. The molecule has 1 aliphatic rings. The number of pyridine rings is 1. The number of hydrogen-bond acceptors (Lipinski definition) is 6. The van der Waals surface area contributed by atoms with Gasteiger partial charge in [-0.15, -0.1) is 0 Å². The number of ether oxygens (including phenoxy) is 2. The fourth-order valence-electron chi connectivity index (χ4n) is 3.08. The van der Waals surface area contributed by atoms with Crippen molar-refractivity contribution in [3.05, 3.63) is 48.2 Å². The monoisotopic (exact) mass is 384 g/mol. The van der Waals surface area contributed by atoms with Crippen molar-refractivity contribution in [3.8, 4) is 5.75 Å². The molecule has 148 valence electrons. The van der Waals surface area contributed by atoms with Crippen molar-refractivity contribution in [1.29, 1.82) is 0 Å². The topological polar surface area (TPSA) is 84.0 Å². The Morgan fingerprint density at radius 3 is 2.46 bits per heavy atom. The van der Waals surface area contributed by atoms with E-state index in [9.17, 15) is 9.59 Å². The Morgan fingerprint density at radius 2 is 1.82 bits per heavy atom. The number of hydrogen-bond donors (Lipinski definition) is 1. The Labute approximate surface area is 164 Å². The van der Waals surface area contributed by atoms with Gasteiger partial charge in [-0.1, -0.05) is 12.1 Å². The second-order valence-electron chi connectivity index (χ2n) is 6.36. The van der Waals surface area contributed by atoms with Gasteiger partial charge in [0.1, 0.15) is 18.2 Å². The number of rotatable bonds is 6. The lowest BCUT2D eigenvalue weighted by Gasteiger charge is -2.35. The van der Waals surface area contributed by atoms with Gasteiger partial charge >= 0.3 is 0 Å². The van der Waals surface area contributed by atoms with Gasteiger partial charge in [-0.2, -0.15) is 0 Å². The van der Waals surface area contributed by atoms with Gasteiger partial charge in [0, 0.05) is 33.3 Å². The predicted octanol–water partition coefficient (Wildman–Crippen LogP) is 1.64. The molecule has 3 rings (SSSR count). The molecule has 1 saturated heterocycles. The number of methoxy groups -OCH3 is 2. The van der Waals surface area contributed by atoms with E-state index in [1.54, 1.807) is 29.3 Å². The number of nitrogens with zero attached hydrogens (tertiary/aromatic N) is 3. The SMILES string of the molecule is COCC(=O)N1CCN(c2ccc(NC(=O)c3ccccc3OC)cn2)CC1. The van der Waals surface area contributed by atoms with E-state index in [0.29, 0.717) is 43.2 Å². The van der Waals surface area contributed by atoms with E-state index in [1.165, 1.54) is 14.2 Å². The van der Waals surface area contributed by atoms with Crippen LogP contribution < -0.4 is 15.0 Å². The Hall–Kier alpha value is -3.13. The third-order valence-corrected chi connectivity index (χ3v) is 4.58. The Kier molecular flexibility index (Phi) is 6.44. The largest absolute Gasteiger partial charge is 0.496 e. The van der Waals surface area contributed by atoms with E-state index in [2.05, 4.69) is 15.2 Å². The van der Waals surface area contributed by atoms with Crippen molar-refractivity contribution in [2.75, 3.05) is 57.2 Å². The number of carbonyl (C=O) groups excluding carboxylic acids is 2. The van der Waals surface area contributed by atoms with Crippen LogP contribution in [0.3, 0.4) is 0 Å². The third kappa shape index (κ3) is 4.58. The van der Waals surface area contributed by atoms with E-state index in [4.69, 9.17) is 9.47 Å². The molecule has 1 N–H and O–H groups in total. The van der Waals surface area contributed by atoms with Gasteiger partial charge < -0.3 is 24.6 Å². The fraction of sp³-hybridized carbons (Fsp3) is 0.350. The highest BCUT2D eigenvalue weighted by Gasteiger charge is 2.21. The summed E-state index contributed by atoms with van der Waals surface area (Å²) in [6.07, 6.45) is 1.63. The summed E-state index contributed by atoms with van der Waals surface area (Å²) in [6.45, 7) is 2.79. The van der Waals surface area contributed by atoms with Gasteiger partial charge in [0.05, 0.1) is 24.6 Å². The summed E-state index contributed by atoms with van der Waals surface area (Å²) in [5, 5.41) is 2.83. The quantitative estimate of drug-likeness (QED) is 0.815. The summed E-state index contributed by atoms with van der Waals surface area (Å²) in [7, 11) is 3.05. The molecule has 2 amide bonds. The standard InChI is InChI=1S/C20H24N4O4/c1-27-14-19(25)24-11-9-23(10-12-24)18-8-7-15(13-21-18)22-20(26)16-5-3-4-6-17(16)28-2/h3-8,13H,9-12,14H2,1-2H3,(H,22,26). The molecule has 8 nitrogen and oxygen atoms in total. The smallest absolute Gasteiger partial charge is 0.259 e. The van der Waals surface area contributed by atoms with Crippen LogP contribution >= 0.6 is 0 Å². The molecule has 0 aliphatic carbocycles. The lowest BCUT2D eigenvalue weighted by atomic mass is 10.2. The first-order valence-electron chi connectivity index (χ1n) is 9.04. The van der Waals surface area contributed by atoms with Crippen LogP contribution in [0.1, 0.15) is 10.4 Å². The zero-order valence-corrected chi connectivity index (χ0v) is 16.1. The van der Waals surface area contributed by atoms with Crippen LogP contribution in [0.5, 0.6) is 5.75 Å². The fourth-order valence-corrected chi connectivity index (χ4v) is 3.08. The molecule has 0 atom stereocenters. The predicted molar refractivity (Wildman–Crippen MR) is 106 cm³/mol. The minimum Gasteiger partial charge on any atom is -0.496 e. The summed E-state index contributed by atoms with van der Waals surface area (Å²) >= 11 is 0. The third-order valence-electron chi connectivity index (χ3n) is 4.58. The van der Waals surface area contributed by atoms with Crippen LogP contribution in [0.15, 0.2) is 42.6 Å². The number of aromatic nitrogens is 1. The molecule has 1 aromatic carbocycles. The summed E-state index contributed by atoms with van der Waals surface area (Å²) < 4.78 is 10.1. The molecule has 28 heavy (non-hydrogen) atoms. The van der Waals surface area contributed by atoms with Gasteiger partial charge in [-0.3, -0.25) is 9.59 Å². The number of para-hydroxylation sites is 1. The van der Waals surface area contributed by atoms with Crippen molar-refractivity contribution in [3.63, 3.8) is 0 Å². The van der Waals surface area contributed by atoms with Gasteiger partial charge in [0.15, 0.2) is 0 Å². The Morgan fingerprint density at radius 1 is 1.07 bits per heavy atom. The maximum Gasteiger partial charge on any atom is 0.259 e. The van der Waals surface area contributed by atoms with Crippen LogP contribution in [0, 0.1) is 0 Å². The maximum atomic E-state index is 12.5. The lowest BCUT2D eigenvalue weighted by molar-refractivity contribution is -0.135. The average Bonchev–Trinajstić information content (AvgIpc) is 2.74. The maximum absolute atomic E-state index is 12.5. The minimum absolute atomic E-state index is 0.00418. The number of piperazine rings is 1. The molecule has 2 heterocycles. The van der Waals surface area contributed by atoms with Gasteiger partial charge in [-0.05, 0) is 24.3 Å². The molecular formula is C20H24N4O4. The molecule has 1 aromatic heterocycles. The van der Waals surface area contributed by atoms with Crippen molar-refractivity contribution in [1.82, 2.24) is 9.88 Å². The minimum atomic E-state index is -0.253. The van der Waals surface area contributed by atoms with E-state index < -0.39 is 0 Å². The van der Waals surface area contributed by atoms with Crippen molar-refractivity contribution >= 4 is 23.3 Å². The van der Waals surface area contributed by atoms with Crippen LogP contribution in [-0.4, -0.2) is 68.7 Å². The van der Waals surface area contributed by atoms with Crippen molar-refractivity contribution < 1.29 is 19.1 Å². The second-order valence-corrected chi connectivity index (χ2v) is 6.36. The summed E-state index contributed by atoms with van der Waals surface area (Å²) in [5.74, 6) is 1.08. The van der Waals surface area contributed by atoms with Crippen LogP contribution in [0.25, 0.3) is 0 Å². The molecule has 0 saturated carbocycles. The number of nitrogens with one attached hydrogen (secondary N) is 1. The first-order valence-corrected chi connectivity index (χ1v) is 9.04. The molecule has 1 fully saturated rings. The summed E-state index contributed by atoms with van der Waals surface area (Å²) in [4.78, 5) is 32.7. The van der Waals surface area contributed by atoms with Gasteiger partial charge in [0.2, 0.25) is 5.91 Å². The summed E-state index contributed by atoms with van der Waals surface area (Å²) in [5.41, 5.74) is 1.07. The highest BCUT2D eigenvalue weighted by atomic mass is 16.5. The van der Waals surface area contributed by atoms with E-state index >= 15 is 0 Å². The molecule has 2 aromatic rings. The Balaban J connectivity index is 1.58. The van der Waals surface area contributed by atoms with Crippen LogP contribution in [-0.2, 0) is 9.53 Å². The molecule has 0 radical (unpaired) electrons. The highest BCUT2D eigenvalue weighted by molar-refractivity contribution is 6.06. The first kappa shape index (κ1) is 19.6. The zero-order valence-electron chi connectivity index (χ0n) is 16.1. The zero-order chi connectivity index (χ0) is 19.9. The number of amides is 2. The number of benzene rings is 1. The average molecular weight is 384 g/mol.